The summed E-state index contributed by atoms with van der Waals surface area (Å²) >= 11 is 3.45. The van der Waals surface area contributed by atoms with Crippen LogP contribution < -0.4 is 5.32 Å². The Morgan fingerprint density at radius 2 is 2.26 bits per heavy atom. The minimum Gasteiger partial charge on any atom is -0.451 e. The van der Waals surface area contributed by atoms with E-state index in [4.69, 9.17) is 9.15 Å². The summed E-state index contributed by atoms with van der Waals surface area (Å²) in [4.78, 5) is 14.8. The Morgan fingerprint density at radius 3 is 3.00 bits per heavy atom. The van der Waals surface area contributed by atoms with E-state index < -0.39 is 0 Å². The molecule has 5 nitrogen and oxygen atoms in total. The number of fused-ring (bicyclic) bond motifs is 1. The zero-order valence-corrected chi connectivity index (χ0v) is 15.1. The number of carbonyl (C=O) groups excluding carboxylic acids is 1. The highest BCUT2D eigenvalue weighted by Gasteiger charge is 2.27. The van der Waals surface area contributed by atoms with Crippen molar-refractivity contribution in [2.45, 2.75) is 26.0 Å². The molecule has 0 spiro atoms. The van der Waals surface area contributed by atoms with Gasteiger partial charge < -0.3 is 19.4 Å². The number of hydrogen-bond acceptors (Lipinski definition) is 4. The highest BCUT2D eigenvalue weighted by atomic mass is 79.9. The minimum atomic E-state index is -0.195. The molecule has 1 aliphatic rings. The summed E-state index contributed by atoms with van der Waals surface area (Å²) < 4.78 is 12.5. The van der Waals surface area contributed by atoms with Crippen LogP contribution in [0, 0.1) is 6.92 Å². The number of nitrogens with zero attached hydrogens (tertiary/aromatic N) is 1. The second kappa shape index (κ2) is 6.63. The first-order valence-corrected chi connectivity index (χ1v) is 8.54. The molecule has 124 valence electrons. The number of likely N-dealkylation sites (N-methyl/N-ethyl adjacent to an activating group) is 1. The number of halogens is 1. The fraction of sp³-hybridized carbons (Fsp3) is 0.471. The predicted molar refractivity (Wildman–Crippen MR) is 92.8 cm³/mol. The number of benzene rings is 1. The molecule has 2 heterocycles. The maximum absolute atomic E-state index is 12.6. The van der Waals surface area contributed by atoms with E-state index in [2.05, 4.69) is 33.2 Å². The van der Waals surface area contributed by atoms with Crippen LogP contribution >= 0.6 is 15.9 Å². The van der Waals surface area contributed by atoms with Gasteiger partial charge in [0.1, 0.15) is 5.58 Å². The van der Waals surface area contributed by atoms with E-state index >= 15 is 0 Å². The Morgan fingerprint density at radius 1 is 1.48 bits per heavy atom. The molecule has 1 saturated heterocycles. The molecule has 1 N–H and O–H groups in total. The standard InChI is InChI=1S/C17H21BrN2O3/c1-10-13-8-12(18)4-5-14(13)23-16(10)17(21)19-11(2)15-9-20(3)6-7-22-15/h4-5,8,11,15H,6-7,9H2,1-3H3,(H,19,21)/t11-,15+/m0/s1. The molecule has 0 saturated carbocycles. The SMILES string of the molecule is Cc1c(C(=O)N[C@@H](C)[C@H]2CN(C)CCO2)oc2ccc(Br)cc12. The Balaban J connectivity index is 1.76. The molecule has 1 aromatic heterocycles. The first-order chi connectivity index (χ1) is 11.0. The van der Waals surface area contributed by atoms with E-state index in [9.17, 15) is 4.79 Å². The van der Waals surface area contributed by atoms with Gasteiger partial charge in [0.25, 0.3) is 5.91 Å². The molecule has 1 amide bonds. The van der Waals surface area contributed by atoms with Gasteiger partial charge in [0.05, 0.1) is 18.8 Å². The van der Waals surface area contributed by atoms with Gasteiger partial charge in [0, 0.05) is 28.5 Å². The van der Waals surface area contributed by atoms with E-state index in [0.29, 0.717) is 12.4 Å². The van der Waals surface area contributed by atoms with Gasteiger partial charge >= 0.3 is 0 Å². The Bertz CT molecular complexity index is 728. The summed E-state index contributed by atoms with van der Waals surface area (Å²) in [5, 5.41) is 3.96. The van der Waals surface area contributed by atoms with Crippen LogP contribution in [0.2, 0.25) is 0 Å². The van der Waals surface area contributed by atoms with E-state index in [1.807, 2.05) is 32.0 Å². The van der Waals surface area contributed by atoms with Crippen LogP contribution in [0.5, 0.6) is 0 Å². The van der Waals surface area contributed by atoms with Crippen LogP contribution in [-0.2, 0) is 4.74 Å². The van der Waals surface area contributed by atoms with Crippen LogP contribution in [0.15, 0.2) is 27.1 Å². The summed E-state index contributed by atoms with van der Waals surface area (Å²) in [7, 11) is 2.06. The average molecular weight is 381 g/mol. The summed E-state index contributed by atoms with van der Waals surface area (Å²) in [6.45, 7) is 6.31. The fourth-order valence-corrected chi connectivity index (χ4v) is 3.25. The lowest BCUT2D eigenvalue weighted by Crippen LogP contribution is -2.51. The molecule has 0 bridgehead atoms. The molecule has 2 aromatic rings. The zero-order valence-electron chi connectivity index (χ0n) is 13.6. The van der Waals surface area contributed by atoms with E-state index in [0.717, 1.165) is 34.1 Å². The molecule has 0 unspecified atom stereocenters. The van der Waals surface area contributed by atoms with Crippen molar-refractivity contribution in [2.75, 3.05) is 26.7 Å². The van der Waals surface area contributed by atoms with Crippen molar-refractivity contribution >= 4 is 32.8 Å². The van der Waals surface area contributed by atoms with E-state index in [1.54, 1.807) is 0 Å². The fourth-order valence-electron chi connectivity index (χ4n) is 2.89. The smallest absolute Gasteiger partial charge is 0.287 e. The van der Waals surface area contributed by atoms with Crippen molar-refractivity contribution in [2.24, 2.45) is 0 Å². The first-order valence-electron chi connectivity index (χ1n) is 7.75. The average Bonchev–Trinajstić information content (AvgIpc) is 2.84. The van der Waals surface area contributed by atoms with Crippen LogP contribution in [0.4, 0.5) is 0 Å². The molecule has 1 aromatic carbocycles. The highest BCUT2D eigenvalue weighted by molar-refractivity contribution is 9.10. The molecule has 1 aliphatic heterocycles. The highest BCUT2D eigenvalue weighted by Crippen LogP contribution is 2.28. The number of aryl methyl sites for hydroxylation is 1. The number of hydrogen-bond donors (Lipinski definition) is 1. The number of ether oxygens (including phenoxy) is 1. The van der Waals surface area contributed by atoms with E-state index in [-0.39, 0.29) is 18.1 Å². The summed E-state index contributed by atoms with van der Waals surface area (Å²) in [6.07, 6.45) is -0.00321. The lowest BCUT2D eigenvalue weighted by Gasteiger charge is -2.33. The minimum absolute atomic E-state index is 0.00321. The monoisotopic (exact) mass is 380 g/mol. The van der Waals surface area contributed by atoms with Crippen LogP contribution in [0.25, 0.3) is 11.0 Å². The lowest BCUT2D eigenvalue weighted by molar-refractivity contribution is -0.0343. The second-order valence-electron chi connectivity index (χ2n) is 6.13. The number of nitrogens with one attached hydrogen (secondary N) is 1. The number of morpholine rings is 1. The normalized spacial score (nSPS) is 20.6. The van der Waals surface area contributed by atoms with Crippen molar-refractivity contribution in [1.82, 2.24) is 10.2 Å². The van der Waals surface area contributed by atoms with Gasteiger partial charge in [0.15, 0.2) is 5.76 Å². The van der Waals surface area contributed by atoms with Gasteiger partial charge in [-0.25, -0.2) is 0 Å². The van der Waals surface area contributed by atoms with Gasteiger partial charge in [0.2, 0.25) is 0 Å². The maximum Gasteiger partial charge on any atom is 0.287 e. The van der Waals surface area contributed by atoms with Crippen molar-refractivity contribution in [3.05, 3.63) is 34.0 Å². The first kappa shape index (κ1) is 16.5. The quantitative estimate of drug-likeness (QED) is 0.889. The van der Waals surface area contributed by atoms with Gasteiger partial charge in [-0.15, -0.1) is 0 Å². The molecule has 6 heteroatoms. The van der Waals surface area contributed by atoms with Crippen LogP contribution in [-0.4, -0.2) is 49.7 Å². The van der Waals surface area contributed by atoms with Crippen LogP contribution in [0.1, 0.15) is 23.0 Å². The number of rotatable bonds is 3. The molecule has 0 aliphatic carbocycles. The van der Waals surface area contributed by atoms with Crippen LogP contribution in [0.3, 0.4) is 0 Å². The molecule has 0 radical (unpaired) electrons. The molecule has 1 fully saturated rings. The number of amides is 1. The Hall–Kier alpha value is -1.37. The lowest BCUT2D eigenvalue weighted by atomic mass is 10.1. The predicted octanol–water partition coefficient (Wildman–Crippen LogP) is 2.95. The summed E-state index contributed by atoms with van der Waals surface area (Å²) in [5.41, 5.74) is 1.57. The Kier molecular flexibility index (Phi) is 4.75. The topological polar surface area (TPSA) is 54.7 Å². The summed E-state index contributed by atoms with van der Waals surface area (Å²) in [6, 6.07) is 5.66. The number of carbonyl (C=O) groups is 1. The third kappa shape index (κ3) is 3.44. The molecule has 2 atom stereocenters. The van der Waals surface area contributed by atoms with Crippen molar-refractivity contribution < 1.29 is 13.9 Å². The summed E-state index contributed by atoms with van der Waals surface area (Å²) in [5.74, 6) is 0.174. The maximum atomic E-state index is 12.6. The second-order valence-corrected chi connectivity index (χ2v) is 7.05. The largest absolute Gasteiger partial charge is 0.451 e. The van der Waals surface area contributed by atoms with Crippen molar-refractivity contribution in [3.8, 4) is 0 Å². The molecular weight excluding hydrogens is 360 g/mol. The van der Waals surface area contributed by atoms with Gasteiger partial charge in [-0.1, -0.05) is 15.9 Å². The van der Waals surface area contributed by atoms with Gasteiger partial charge in [-0.2, -0.15) is 0 Å². The zero-order chi connectivity index (χ0) is 16.6. The molecule has 23 heavy (non-hydrogen) atoms. The van der Waals surface area contributed by atoms with Crippen molar-refractivity contribution in [3.63, 3.8) is 0 Å². The third-order valence-electron chi connectivity index (χ3n) is 4.32. The Labute approximate surface area is 144 Å². The van der Waals surface area contributed by atoms with Gasteiger partial charge in [-0.3, -0.25) is 4.79 Å². The molecule has 3 rings (SSSR count). The molecular formula is C17H21BrN2O3. The van der Waals surface area contributed by atoms with E-state index in [1.165, 1.54) is 0 Å². The number of furan rings is 1. The third-order valence-corrected chi connectivity index (χ3v) is 4.81. The van der Waals surface area contributed by atoms with Gasteiger partial charge in [-0.05, 0) is 39.1 Å². The van der Waals surface area contributed by atoms with Crippen molar-refractivity contribution in [1.29, 1.82) is 0 Å².